The van der Waals surface area contributed by atoms with E-state index < -0.39 is 0 Å². The van der Waals surface area contributed by atoms with Crippen LogP contribution in [0, 0.1) is 0 Å². The Morgan fingerprint density at radius 2 is 1.32 bits per heavy atom. The standard InChI is InChI=1S/C25H27N3O3/c1-4-28(5-2)21-16-12-19(13-17-21)24(29)26-20-14-10-18(11-15-20)25(30)27-22-8-6-7-9-23(22)31-3/h6-17H,4-5H2,1-3H3,(H,26,29)(H,27,30). The predicted molar refractivity (Wildman–Crippen MR) is 125 cm³/mol. The molecule has 160 valence electrons. The largest absolute Gasteiger partial charge is 0.495 e. The van der Waals surface area contributed by atoms with E-state index in [4.69, 9.17) is 4.74 Å². The molecule has 2 amide bonds. The predicted octanol–water partition coefficient (Wildman–Crippen LogP) is 5.05. The molecule has 0 aliphatic rings. The van der Waals surface area contributed by atoms with Crippen LogP contribution in [0.15, 0.2) is 72.8 Å². The van der Waals surface area contributed by atoms with Crippen LogP contribution in [0.25, 0.3) is 0 Å². The summed E-state index contributed by atoms with van der Waals surface area (Å²) in [6.45, 7) is 6.03. The molecule has 6 heteroatoms. The van der Waals surface area contributed by atoms with E-state index in [2.05, 4.69) is 29.4 Å². The number of anilines is 3. The first-order chi connectivity index (χ1) is 15.0. The molecular weight excluding hydrogens is 390 g/mol. The Hall–Kier alpha value is -3.80. The molecule has 0 spiro atoms. The third-order valence-electron chi connectivity index (χ3n) is 5.02. The number of hydrogen-bond donors (Lipinski definition) is 2. The fourth-order valence-corrected chi connectivity index (χ4v) is 3.26. The maximum absolute atomic E-state index is 12.5. The quantitative estimate of drug-likeness (QED) is 0.538. The summed E-state index contributed by atoms with van der Waals surface area (Å²) >= 11 is 0. The van der Waals surface area contributed by atoms with Gasteiger partial charge in [0.05, 0.1) is 12.8 Å². The van der Waals surface area contributed by atoms with Gasteiger partial charge in [-0.1, -0.05) is 12.1 Å². The Balaban J connectivity index is 1.63. The van der Waals surface area contributed by atoms with E-state index in [0.29, 0.717) is 28.3 Å². The highest BCUT2D eigenvalue weighted by molar-refractivity contribution is 6.06. The molecule has 3 rings (SSSR count). The van der Waals surface area contributed by atoms with Gasteiger partial charge in [0.2, 0.25) is 0 Å². The van der Waals surface area contributed by atoms with E-state index in [-0.39, 0.29) is 11.8 Å². The molecule has 3 aromatic rings. The maximum Gasteiger partial charge on any atom is 0.255 e. The highest BCUT2D eigenvalue weighted by Crippen LogP contribution is 2.24. The molecule has 0 fully saturated rings. The number of amides is 2. The van der Waals surface area contributed by atoms with Crippen molar-refractivity contribution in [2.24, 2.45) is 0 Å². The SMILES string of the molecule is CCN(CC)c1ccc(C(=O)Nc2ccc(C(=O)Nc3ccccc3OC)cc2)cc1. The molecule has 0 saturated carbocycles. The second-order valence-electron chi connectivity index (χ2n) is 6.91. The zero-order valence-electron chi connectivity index (χ0n) is 18.0. The van der Waals surface area contributed by atoms with Crippen LogP contribution in [0.3, 0.4) is 0 Å². The zero-order valence-corrected chi connectivity index (χ0v) is 18.0. The van der Waals surface area contributed by atoms with Crippen LogP contribution in [-0.2, 0) is 0 Å². The number of hydrogen-bond acceptors (Lipinski definition) is 4. The number of nitrogens with one attached hydrogen (secondary N) is 2. The Bertz CT molecular complexity index is 1030. The number of methoxy groups -OCH3 is 1. The fourth-order valence-electron chi connectivity index (χ4n) is 3.26. The minimum Gasteiger partial charge on any atom is -0.495 e. The first-order valence-corrected chi connectivity index (χ1v) is 10.3. The van der Waals surface area contributed by atoms with Crippen LogP contribution in [0.5, 0.6) is 5.75 Å². The van der Waals surface area contributed by atoms with Gasteiger partial charge >= 0.3 is 0 Å². The highest BCUT2D eigenvalue weighted by atomic mass is 16.5. The van der Waals surface area contributed by atoms with E-state index in [1.165, 1.54) is 0 Å². The highest BCUT2D eigenvalue weighted by Gasteiger charge is 2.11. The zero-order chi connectivity index (χ0) is 22.2. The van der Waals surface area contributed by atoms with Crippen molar-refractivity contribution in [1.29, 1.82) is 0 Å². The monoisotopic (exact) mass is 417 g/mol. The van der Waals surface area contributed by atoms with E-state index in [9.17, 15) is 9.59 Å². The first-order valence-electron chi connectivity index (χ1n) is 10.3. The molecule has 0 aliphatic heterocycles. The van der Waals surface area contributed by atoms with Crippen molar-refractivity contribution in [3.63, 3.8) is 0 Å². The lowest BCUT2D eigenvalue weighted by Crippen LogP contribution is -2.21. The molecule has 0 atom stereocenters. The summed E-state index contributed by atoms with van der Waals surface area (Å²) in [6, 6.07) is 21.5. The van der Waals surface area contributed by atoms with Gasteiger partial charge in [-0.05, 0) is 74.5 Å². The molecule has 2 N–H and O–H groups in total. The van der Waals surface area contributed by atoms with Crippen molar-refractivity contribution in [3.8, 4) is 5.75 Å². The van der Waals surface area contributed by atoms with Crippen molar-refractivity contribution in [1.82, 2.24) is 0 Å². The summed E-state index contributed by atoms with van der Waals surface area (Å²) in [7, 11) is 1.56. The number of para-hydroxylation sites is 2. The molecule has 0 aromatic heterocycles. The number of carbonyl (C=O) groups excluding carboxylic acids is 2. The second kappa shape index (κ2) is 10.3. The summed E-state index contributed by atoms with van der Waals surface area (Å²) in [5.74, 6) is 0.137. The Kier molecular flexibility index (Phi) is 7.27. The van der Waals surface area contributed by atoms with Gasteiger partial charge in [-0.15, -0.1) is 0 Å². The third kappa shape index (κ3) is 5.42. The van der Waals surface area contributed by atoms with Gasteiger partial charge in [-0.3, -0.25) is 9.59 Å². The molecule has 3 aromatic carbocycles. The van der Waals surface area contributed by atoms with Crippen molar-refractivity contribution in [3.05, 3.63) is 83.9 Å². The average Bonchev–Trinajstić information content (AvgIpc) is 2.81. The number of rotatable bonds is 8. The lowest BCUT2D eigenvalue weighted by Gasteiger charge is -2.21. The van der Waals surface area contributed by atoms with Crippen LogP contribution in [-0.4, -0.2) is 32.0 Å². The third-order valence-corrected chi connectivity index (χ3v) is 5.02. The van der Waals surface area contributed by atoms with Crippen LogP contribution < -0.4 is 20.3 Å². The Morgan fingerprint density at radius 1 is 0.774 bits per heavy atom. The molecule has 0 radical (unpaired) electrons. The molecule has 6 nitrogen and oxygen atoms in total. The van der Waals surface area contributed by atoms with E-state index in [0.717, 1.165) is 18.8 Å². The molecule has 0 saturated heterocycles. The van der Waals surface area contributed by atoms with Gasteiger partial charge < -0.3 is 20.3 Å². The average molecular weight is 418 g/mol. The second-order valence-corrected chi connectivity index (χ2v) is 6.91. The number of benzene rings is 3. The fraction of sp³-hybridized carbons (Fsp3) is 0.200. The minimum absolute atomic E-state index is 0.197. The summed E-state index contributed by atoms with van der Waals surface area (Å²) in [5.41, 5.74) is 3.36. The van der Waals surface area contributed by atoms with E-state index in [1.54, 1.807) is 43.5 Å². The Morgan fingerprint density at radius 3 is 1.90 bits per heavy atom. The van der Waals surface area contributed by atoms with Gasteiger partial charge in [0.1, 0.15) is 5.75 Å². The van der Waals surface area contributed by atoms with Gasteiger partial charge in [-0.2, -0.15) is 0 Å². The van der Waals surface area contributed by atoms with Gasteiger partial charge in [0.15, 0.2) is 0 Å². The number of nitrogens with zero attached hydrogens (tertiary/aromatic N) is 1. The van der Waals surface area contributed by atoms with E-state index >= 15 is 0 Å². The van der Waals surface area contributed by atoms with Crippen molar-refractivity contribution in [2.75, 3.05) is 35.7 Å². The molecule has 0 unspecified atom stereocenters. The topological polar surface area (TPSA) is 70.7 Å². The molecule has 0 bridgehead atoms. The normalized spacial score (nSPS) is 10.3. The van der Waals surface area contributed by atoms with Crippen LogP contribution in [0.2, 0.25) is 0 Å². The summed E-state index contributed by atoms with van der Waals surface area (Å²) < 4.78 is 5.26. The lowest BCUT2D eigenvalue weighted by molar-refractivity contribution is 0.101. The van der Waals surface area contributed by atoms with Crippen LogP contribution >= 0.6 is 0 Å². The number of carbonyl (C=O) groups is 2. The van der Waals surface area contributed by atoms with Crippen molar-refractivity contribution < 1.29 is 14.3 Å². The smallest absolute Gasteiger partial charge is 0.255 e. The lowest BCUT2D eigenvalue weighted by atomic mass is 10.1. The number of ether oxygens (including phenoxy) is 1. The van der Waals surface area contributed by atoms with Crippen molar-refractivity contribution >= 4 is 28.9 Å². The van der Waals surface area contributed by atoms with Gasteiger partial charge in [0, 0.05) is 35.6 Å². The molecule has 31 heavy (non-hydrogen) atoms. The van der Waals surface area contributed by atoms with Gasteiger partial charge in [-0.25, -0.2) is 0 Å². The Labute approximate surface area is 182 Å². The molecule has 0 heterocycles. The summed E-state index contributed by atoms with van der Waals surface area (Å²) in [6.07, 6.45) is 0. The van der Waals surface area contributed by atoms with E-state index in [1.807, 2.05) is 36.4 Å². The summed E-state index contributed by atoms with van der Waals surface area (Å²) in [5, 5.41) is 5.70. The first kappa shape index (κ1) is 21.9. The van der Waals surface area contributed by atoms with Gasteiger partial charge in [0.25, 0.3) is 11.8 Å². The molecule has 0 aliphatic carbocycles. The minimum atomic E-state index is -0.255. The van der Waals surface area contributed by atoms with Crippen LogP contribution in [0.4, 0.5) is 17.1 Å². The van der Waals surface area contributed by atoms with Crippen LogP contribution in [0.1, 0.15) is 34.6 Å². The molecular formula is C25H27N3O3. The van der Waals surface area contributed by atoms with Crippen molar-refractivity contribution in [2.45, 2.75) is 13.8 Å². The maximum atomic E-state index is 12.5. The summed E-state index contributed by atoms with van der Waals surface area (Å²) in [4.78, 5) is 27.3.